The van der Waals surface area contributed by atoms with Crippen molar-refractivity contribution in [1.82, 2.24) is 9.29 Å². The van der Waals surface area contributed by atoms with Crippen LogP contribution in [0.2, 0.25) is 0 Å². The highest BCUT2D eigenvalue weighted by Gasteiger charge is 2.32. The molecule has 0 aliphatic carbocycles. The van der Waals surface area contributed by atoms with Crippen LogP contribution in [0.4, 0.5) is 4.39 Å². The van der Waals surface area contributed by atoms with Crippen LogP contribution in [0, 0.1) is 11.7 Å². The van der Waals surface area contributed by atoms with Crippen molar-refractivity contribution in [1.29, 1.82) is 0 Å². The van der Waals surface area contributed by atoms with Gasteiger partial charge in [-0.25, -0.2) is 17.8 Å². The van der Waals surface area contributed by atoms with E-state index in [-0.39, 0.29) is 36.5 Å². The molecule has 1 aromatic carbocycles. The van der Waals surface area contributed by atoms with Crippen LogP contribution in [-0.2, 0) is 26.2 Å². The van der Waals surface area contributed by atoms with Crippen LogP contribution in [0.15, 0.2) is 57.4 Å². The fraction of sp³-hybridized carbons (Fsp3) is 0.300. The van der Waals surface area contributed by atoms with Crippen molar-refractivity contribution in [2.75, 3.05) is 13.1 Å². The van der Waals surface area contributed by atoms with Gasteiger partial charge in [0.25, 0.3) is 0 Å². The fourth-order valence-corrected chi connectivity index (χ4v) is 5.48. The van der Waals surface area contributed by atoms with Crippen LogP contribution >= 0.6 is 11.3 Å². The number of aromatic nitrogens is 1. The van der Waals surface area contributed by atoms with Gasteiger partial charge >= 0.3 is 5.97 Å². The zero-order valence-corrected chi connectivity index (χ0v) is 17.5. The second kappa shape index (κ2) is 8.66. The number of sulfonamides is 1. The minimum absolute atomic E-state index is 0.0424. The van der Waals surface area contributed by atoms with E-state index in [1.165, 1.54) is 27.8 Å². The van der Waals surface area contributed by atoms with Gasteiger partial charge in [-0.15, -0.1) is 11.3 Å². The Hall–Kier alpha value is -2.56. The number of hydrogen-bond acceptors (Lipinski definition) is 7. The van der Waals surface area contributed by atoms with Gasteiger partial charge in [0.1, 0.15) is 12.4 Å². The van der Waals surface area contributed by atoms with Gasteiger partial charge in [0.2, 0.25) is 10.0 Å². The third-order valence-corrected chi connectivity index (χ3v) is 7.70. The van der Waals surface area contributed by atoms with Crippen molar-refractivity contribution in [3.63, 3.8) is 0 Å². The second-order valence-electron chi connectivity index (χ2n) is 6.86. The van der Waals surface area contributed by atoms with Gasteiger partial charge in [-0.1, -0.05) is 0 Å². The molecule has 0 radical (unpaired) electrons. The Morgan fingerprint density at radius 2 is 1.97 bits per heavy atom. The largest absolute Gasteiger partial charge is 0.462 e. The number of halogens is 1. The molecule has 1 saturated heterocycles. The highest BCUT2D eigenvalue weighted by molar-refractivity contribution is 7.89. The number of benzene rings is 1. The number of nitrogens with zero attached hydrogens (tertiary/aromatic N) is 2. The van der Waals surface area contributed by atoms with Crippen molar-refractivity contribution in [2.45, 2.75) is 24.3 Å². The summed E-state index contributed by atoms with van der Waals surface area (Å²) in [5.74, 6) is -0.562. The highest BCUT2D eigenvalue weighted by Crippen LogP contribution is 2.26. The molecule has 1 aliphatic rings. The maximum absolute atomic E-state index is 13.1. The average molecular weight is 451 g/mol. The van der Waals surface area contributed by atoms with Crippen LogP contribution < -0.4 is 0 Å². The van der Waals surface area contributed by atoms with Crippen molar-refractivity contribution in [2.24, 2.45) is 5.92 Å². The summed E-state index contributed by atoms with van der Waals surface area (Å²) in [5.41, 5.74) is 0.635. The second-order valence-corrected chi connectivity index (χ2v) is 9.66. The maximum atomic E-state index is 13.1. The zero-order valence-electron chi connectivity index (χ0n) is 15.9. The summed E-state index contributed by atoms with van der Waals surface area (Å²) in [4.78, 5) is 16.8. The van der Waals surface area contributed by atoms with E-state index in [2.05, 4.69) is 4.98 Å². The summed E-state index contributed by atoms with van der Waals surface area (Å²) < 4.78 is 50.4. The van der Waals surface area contributed by atoms with E-state index in [1.54, 1.807) is 12.3 Å². The highest BCUT2D eigenvalue weighted by atomic mass is 32.2. The predicted octanol–water partition coefficient (Wildman–Crippen LogP) is 3.69. The van der Waals surface area contributed by atoms with Crippen LogP contribution in [-0.4, -0.2) is 36.8 Å². The molecule has 0 unspecified atom stereocenters. The summed E-state index contributed by atoms with van der Waals surface area (Å²) >= 11 is 1.40. The Morgan fingerprint density at radius 1 is 1.23 bits per heavy atom. The van der Waals surface area contributed by atoms with E-state index < -0.39 is 15.8 Å². The van der Waals surface area contributed by atoms with Gasteiger partial charge in [0, 0.05) is 18.5 Å². The molecule has 1 aliphatic heterocycles. The van der Waals surface area contributed by atoms with Crippen molar-refractivity contribution < 1.29 is 26.8 Å². The van der Waals surface area contributed by atoms with Gasteiger partial charge in [0.05, 0.1) is 22.8 Å². The Kier molecular flexibility index (Phi) is 5.98. The predicted molar refractivity (Wildman–Crippen MR) is 107 cm³/mol. The topological polar surface area (TPSA) is 89.7 Å². The van der Waals surface area contributed by atoms with Crippen molar-refractivity contribution in [3.8, 4) is 10.8 Å². The molecule has 7 nitrogen and oxygen atoms in total. The molecule has 0 bridgehead atoms. The smallest absolute Gasteiger partial charge is 0.309 e. The lowest BCUT2D eigenvalue weighted by Gasteiger charge is -2.30. The molecule has 0 spiro atoms. The van der Waals surface area contributed by atoms with E-state index in [0.717, 1.165) is 12.1 Å². The number of ether oxygens (including phenoxy) is 1. The van der Waals surface area contributed by atoms with Gasteiger partial charge in [-0.3, -0.25) is 4.79 Å². The first-order chi connectivity index (χ1) is 14.4. The van der Waals surface area contributed by atoms with Crippen LogP contribution in [0.1, 0.15) is 18.5 Å². The molecule has 0 atom stereocenters. The molecule has 30 heavy (non-hydrogen) atoms. The molecular weight excluding hydrogens is 431 g/mol. The number of carbonyl (C=O) groups excluding carboxylic acids is 1. The van der Waals surface area contributed by atoms with E-state index in [9.17, 15) is 17.6 Å². The van der Waals surface area contributed by atoms with E-state index in [0.29, 0.717) is 29.3 Å². The molecule has 3 heterocycles. The summed E-state index contributed by atoms with van der Waals surface area (Å²) in [7, 11) is -3.70. The lowest BCUT2D eigenvalue weighted by atomic mass is 9.98. The first kappa shape index (κ1) is 20.7. The van der Waals surface area contributed by atoms with Gasteiger partial charge in [-0.2, -0.15) is 4.31 Å². The molecule has 4 rings (SSSR count). The monoisotopic (exact) mass is 450 g/mol. The van der Waals surface area contributed by atoms with Crippen molar-refractivity contribution >= 4 is 27.3 Å². The fourth-order valence-electron chi connectivity index (χ4n) is 3.24. The molecule has 0 N–H and O–H groups in total. The molecule has 1 fully saturated rings. The lowest BCUT2D eigenvalue weighted by molar-refractivity contribution is -0.151. The average Bonchev–Trinajstić information content (AvgIpc) is 3.44. The Balaban J connectivity index is 1.29. The maximum Gasteiger partial charge on any atom is 0.309 e. The van der Waals surface area contributed by atoms with Crippen LogP contribution in [0.3, 0.4) is 0 Å². The number of thiazole rings is 1. The lowest BCUT2D eigenvalue weighted by Crippen LogP contribution is -2.40. The van der Waals surface area contributed by atoms with Gasteiger partial charge < -0.3 is 9.15 Å². The number of rotatable bonds is 6. The third-order valence-electron chi connectivity index (χ3n) is 4.88. The number of furan rings is 1. The minimum atomic E-state index is -3.70. The molecule has 10 heteroatoms. The van der Waals surface area contributed by atoms with Gasteiger partial charge in [0.15, 0.2) is 10.8 Å². The number of hydrogen-bond donors (Lipinski definition) is 0. The normalized spacial score (nSPS) is 15.9. The number of esters is 1. The first-order valence-electron chi connectivity index (χ1n) is 9.34. The van der Waals surface area contributed by atoms with Crippen molar-refractivity contribution in [3.05, 3.63) is 59.6 Å². The molecule has 158 valence electrons. The van der Waals surface area contributed by atoms with Gasteiger partial charge in [-0.05, 0) is 49.2 Å². The van der Waals surface area contributed by atoms with E-state index >= 15 is 0 Å². The molecular formula is C20H19FN2O5S2. The summed E-state index contributed by atoms with van der Waals surface area (Å²) in [6.07, 6.45) is 2.31. The SMILES string of the molecule is O=C(OCc1csc(-c2ccco2)n1)C1CCN(S(=O)(=O)c2ccc(F)cc2)CC1. The molecule has 3 aromatic rings. The van der Waals surface area contributed by atoms with E-state index in [4.69, 9.17) is 9.15 Å². The summed E-state index contributed by atoms with van der Waals surface area (Å²) in [6.45, 7) is 0.474. The summed E-state index contributed by atoms with van der Waals surface area (Å²) in [6, 6.07) is 8.31. The van der Waals surface area contributed by atoms with Crippen LogP contribution in [0.25, 0.3) is 10.8 Å². The van der Waals surface area contributed by atoms with E-state index in [1.807, 2.05) is 11.4 Å². The Bertz CT molecular complexity index is 1100. The molecule has 2 aromatic heterocycles. The van der Waals surface area contributed by atoms with Crippen LogP contribution in [0.5, 0.6) is 0 Å². The first-order valence-corrected chi connectivity index (χ1v) is 11.7. The Morgan fingerprint density at radius 3 is 2.63 bits per heavy atom. The number of piperidine rings is 1. The molecule has 0 saturated carbocycles. The standard InChI is InChI=1S/C20H19FN2O5S2/c21-15-3-5-17(6-4-15)30(25,26)23-9-7-14(8-10-23)20(24)28-12-16-13-29-19(22-16)18-2-1-11-27-18/h1-6,11,13-14H,7-10,12H2. The summed E-state index contributed by atoms with van der Waals surface area (Å²) in [5, 5.41) is 2.52. The number of carbonyl (C=O) groups is 1. The quantitative estimate of drug-likeness (QED) is 0.532. The molecule has 0 amide bonds. The minimum Gasteiger partial charge on any atom is -0.462 e. The third kappa shape index (κ3) is 4.45. The zero-order chi connectivity index (χ0) is 21.1. The Labute approximate surface area is 177 Å².